The zero-order chi connectivity index (χ0) is 7.84. The molecule has 1 nitrogen and oxygen atoms in total. The van der Waals surface area contributed by atoms with Gasteiger partial charge >= 0.3 is 0 Å². The van der Waals surface area contributed by atoms with E-state index in [-0.39, 0.29) is 0 Å². The Labute approximate surface area is 74.2 Å². The van der Waals surface area contributed by atoms with E-state index in [4.69, 9.17) is 0 Å². The monoisotopic (exact) mass is 212 g/mol. The highest BCUT2D eigenvalue weighted by Gasteiger charge is 2.25. The third kappa shape index (κ3) is 1.41. The molecule has 0 heterocycles. The van der Waals surface area contributed by atoms with Crippen LogP contribution in [0.2, 0.25) is 0 Å². The van der Waals surface area contributed by atoms with Crippen molar-refractivity contribution >= 4 is 15.9 Å². The molecule has 11 heavy (non-hydrogen) atoms. The summed E-state index contributed by atoms with van der Waals surface area (Å²) in [6.07, 6.45) is 2.53. The van der Waals surface area contributed by atoms with Crippen LogP contribution in [0.1, 0.15) is 24.3 Å². The minimum absolute atomic E-state index is 0.370. The van der Waals surface area contributed by atoms with Crippen LogP contribution in [0.4, 0.5) is 0 Å². The van der Waals surface area contributed by atoms with Crippen LogP contribution in [0, 0.1) is 0 Å². The fourth-order valence-corrected chi connectivity index (χ4v) is 1.81. The highest BCUT2D eigenvalue weighted by molar-refractivity contribution is 9.10. The molecule has 0 radical (unpaired) electrons. The van der Waals surface area contributed by atoms with Crippen LogP contribution in [0.25, 0.3) is 0 Å². The SMILES string of the molecule is Oc1ccc(Br)c(C2CC2)c1. The quantitative estimate of drug-likeness (QED) is 0.760. The van der Waals surface area contributed by atoms with Crippen LogP contribution in [-0.4, -0.2) is 5.11 Å². The molecule has 1 saturated carbocycles. The summed E-state index contributed by atoms with van der Waals surface area (Å²) in [6.45, 7) is 0. The first-order valence-corrected chi connectivity index (χ1v) is 4.55. The van der Waals surface area contributed by atoms with E-state index in [1.165, 1.54) is 18.4 Å². The summed E-state index contributed by atoms with van der Waals surface area (Å²) < 4.78 is 1.12. The maximum absolute atomic E-state index is 9.19. The van der Waals surface area contributed by atoms with Crippen LogP contribution in [-0.2, 0) is 0 Å². The second kappa shape index (κ2) is 2.52. The number of phenols is 1. The summed E-state index contributed by atoms with van der Waals surface area (Å²) in [5, 5.41) is 9.19. The van der Waals surface area contributed by atoms with E-state index in [1.807, 2.05) is 12.1 Å². The summed E-state index contributed by atoms with van der Waals surface area (Å²) in [5.41, 5.74) is 1.25. The first-order valence-electron chi connectivity index (χ1n) is 3.76. The maximum atomic E-state index is 9.19. The molecular weight excluding hydrogens is 204 g/mol. The van der Waals surface area contributed by atoms with Gasteiger partial charge in [0.25, 0.3) is 0 Å². The van der Waals surface area contributed by atoms with Gasteiger partial charge in [-0.3, -0.25) is 0 Å². The summed E-state index contributed by atoms with van der Waals surface area (Å²) in [4.78, 5) is 0. The highest BCUT2D eigenvalue weighted by Crippen LogP contribution is 2.44. The van der Waals surface area contributed by atoms with Crippen molar-refractivity contribution < 1.29 is 5.11 Å². The van der Waals surface area contributed by atoms with Gasteiger partial charge in [-0.15, -0.1) is 0 Å². The molecule has 0 bridgehead atoms. The zero-order valence-corrected chi connectivity index (χ0v) is 7.63. The predicted octanol–water partition coefficient (Wildman–Crippen LogP) is 3.03. The average molecular weight is 213 g/mol. The number of hydrogen-bond donors (Lipinski definition) is 1. The van der Waals surface area contributed by atoms with E-state index < -0.39 is 0 Å². The summed E-state index contributed by atoms with van der Waals surface area (Å²) >= 11 is 3.46. The molecule has 0 aromatic heterocycles. The lowest BCUT2D eigenvalue weighted by atomic mass is 10.1. The number of halogens is 1. The average Bonchev–Trinajstić information content (AvgIpc) is 2.76. The summed E-state index contributed by atoms with van der Waals surface area (Å²) in [6, 6.07) is 5.46. The van der Waals surface area contributed by atoms with Crippen molar-refractivity contribution in [2.45, 2.75) is 18.8 Å². The molecule has 1 aliphatic carbocycles. The lowest BCUT2D eigenvalue weighted by Crippen LogP contribution is -1.80. The Hall–Kier alpha value is -0.500. The Morgan fingerprint density at radius 1 is 1.36 bits per heavy atom. The third-order valence-corrected chi connectivity index (χ3v) is 2.72. The molecular formula is C9H9BrO. The van der Waals surface area contributed by atoms with Crippen molar-refractivity contribution in [1.82, 2.24) is 0 Å². The Morgan fingerprint density at radius 3 is 2.73 bits per heavy atom. The van der Waals surface area contributed by atoms with Crippen molar-refractivity contribution in [3.05, 3.63) is 28.2 Å². The number of benzene rings is 1. The van der Waals surface area contributed by atoms with Crippen LogP contribution in [0.5, 0.6) is 5.75 Å². The van der Waals surface area contributed by atoms with Gasteiger partial charge in [0.05, 0.1) is 0 Å². The molecule has 2 heteroatoms. The lowest BCUT2D eigenvalue weighted by Gasteiger charge is -2.01. The zero-order valence-electron chi connectivity index (χ0n) is 6.05. The van der Waals surface area contributed by atoms with E-state index >= 15 is 0 Å². The van der Waals surface area contributed by atoms with E-state index in [0.717, 1.165) is 4.47 Å². The third-order valence-electron chi connectivity index (χ3n) is 2.00. The Bertz CT molecular complexity index is 279. The Morgan fingerprint density at radius 2 is 2.09 bits per heavy atom. The number of rotatable bonds is 1. The molecule has 0 saturated heterocycles. The number of aromatic hydroxyl groups is 1. The first-order chi connectivity index (χ1) is 5.27. The van der Waals surface area contributed by atoms with Crippen LogP contribution < -0.4 is 0 Å². The van der Waals surface area contributed by atoms with Gasteiger partial charge in [0.15, 0.2) is 0 Å². The molecule has 2 rings (SSSR count). The Balaban J connectivity index is 2.42. The topological polar surface area (TPSA) is 20.2 Å². The van der Waals surface area contributed by atoms with E-state index in [1.54, 1.807) is 6.07 Å². The molecule has 0 aliphatic heterocycles. The van der Waals surface area contributed by atoms with Crippen molar-refractivity contribution in [1.29, 1.82) is 0 Å². The fraction of sp³-hybridized carbons (Fsp3) is 0.333. The Kier molecular flexibility index (Phi) is 1.64. The van der Waals surface area contributed by atoms with Crippen molar-refractivity contribution in [3.8, 4) is 5.75 Å². The molecule has 1 aromatic rings. The van der Waals surface area contributed by atoms with Gasteiger partial charge in [0.2, 0.25) is 0 Å². The molecule has 1 aliphatic rings. The molecule has 0 atom stereocenters. The maximum Gasteiger partial charge on any atom is 0.115 e. The van der Waals surface area contributed by atoms with Gasteiger partial charge in [-0.25, -0.2) is 0 Å². The minimum atomic E-state index is 0.370. The molecule has 1 N–H and O–H groups in total. The van der Waals surface area contributed by atoms with Gasteiger partial charge in [0.1, 0.15) is 5.75 Å². The van der Waals surface area contributed by atoms with Gasteiger partial charge in [0, 0.05) is 4.47 Å². The second-order valence-corrected chi connectivity index (χ2v) is 3.83. The first kappa shape index (κ1) is 7.17. The minimum Gasteiger partial charge on any atom is -0.508 e. The van der Waals surface area contributed by atoms with Gasteiger partial charge < -0.3 is 5.11 Å². The van der Waals surface area contributed by atoms with Crippen LogP contribution in [0.15, 0.2) is 22.7 Å². The standard InChI is InChI=1S/C9H9BrO/c10-9-4-3-7(11)5-8(9)6-1-2-6/h3-6,11H,1-2H2. The van der Waals surface area contributed by atoms with Crippen molar-refractivity contribution in [3.63, 3.8) is 0 Å². The predicted molar refractivity (Wildman–Crippen MR) is 47.8 cm³/mol. The number of hydrogen-bond acceptors (Lipinski definition) is 1. The van der Waals surface area contributed by atoms with Crippen molar-refractivity contribution in [2.24, 2.45) is 0 Å². The van der Waals surface area contributed by atoms with Gasteiger partial charge in [-0.2, -0.15) is 0 Å². The molecule has 1 fully saturated rings. The number of phenolic OH excluding ortho intramolecular Hbond substituents is 1. The van der Waals surface area contributed by atoms with E-state index in [2.05, 4.69) is 15.9 Å². The van der Waals surface area contributed by atoms with Crippen molar-refractivity contribution in [2.75, 3.05) is 0 Å². The lowest BCUT2D eigenvalue weighted by molar-refractivity contribution is 0.474. The largest absolute Gasteiger partial charge is 0.508 e. The van der Waals surface area contributed by atoms with Crippen LogP contribution >= 0.6 is 15.9 Å². The van der Waals surface area contributed by atoms with Gasteiger partial charge in [-0.05, 0) is 42.5 Å². The molecule has 0 unspecified atom stereocenters. The molecule has 0 amide bonds. The van der Waals surface area contributed by atoms with Gasteiger partial charge in [-0.1, -0.05) is 15.9 Å². The van der Waals surface area contributed by atoms with E-state index in [0.29, 0.717) is 11.7 Å². The molecule has 0 spiro atoms. The summed E-state index contributed by atoms with van der Waals surface area (Å²) in [5.74, 6) is 1.06. The van der Waals surface area contributed by atoms with Crippen LogP contribution in [0.3, 0.4) is 0 Å². The molecule has 1 aromatic carbocycles. The normalized spacial score (nSPS) is 16.8. The fourth-order valence-electron chi connectivity index (χ4n) is 1.24. The summed E-state index contributed by atoms with van der Waals surface area (Å²) in [7, 11) is 0. The van der Waals surface area contributed by atoms with E-state index in [9.17, 15) is 5.11 Å². The highest BCUT2D eigenvalue weighted by atomic mass is 79.9. The second-order valence-electron chi connectivity index (χ2n) is 2.98. The molecule has 58 valence electrons. The smallest absolute Gasteiger partial charge is 0.115 e.